The lowest BCUT2D eigenvalue weighted by Gasteiger charge is -2.40. The van der Waals surface area contributed by atoms with Crippen LogP contribution in [0.1, 0.15) is 62.4 Å². The van der Waals surface area contributed by atoms with Gasteiger partial charge in [-0.15, -0.1) is 0 Å². The second kappa shape index (κ2) is 10.7. The van der Waals surface area contributed by atoms with E-state index in [1.54, 1.807) is 12.1 Å². The van der Waals surface area contributed by atoms with Gasteiger partial charge in [-0.1, -0.05) is 0 Å². The third-order valence-corrected chi connectivity index (χ3v) is 8.03. The molecule has 5 rings (SSSR count). The SMILES string of the molecule is CC(C)(C)OC(=O)N1CCC[C@H](CN2CCN(c3ccc4c(c3F)CN(C3CCC(=O)NC3=O)C4=O)CC2)C1. The molecule has 0 spiro atoms. The van der Waals surface area contributed by atoms with E-state index in [1.807, 2.05) is 30.6 Å². The zero-order valence-corrected chi connectivity index (χ0v) is 23.0. The number of carbonyl (C=O) groups is 4. The van der Waals surface area contributed by atoms with Gasteiger partial charge in [-0.3, -0.25) is 24.6 Å². The summed E-state index contributed by atoms with van der Waals surface area (Å²) >= 11 is 0. The molecule has 0 aromatic heterocycles. The smallest absolute Gasteiger partial charge is 0.410 e. The molecule has 11 heteroatoms. The van der Waals surface area contributed by atoms with Crippen LogP contribution in [0.15, 0.2) is 12.1 Å². The molecular formula is C28H38FN5O5. The van der Waals surface area contributed by atoms with Crippen LogP contribution < -0.4 is 10.2 Å². The summed E-state index contributed by atoms with van der Waals surface area (Å²) in [5.41, 5.74) is 0.560. The Kier molecular flexibility index (Phi) is 7.54. The largest absolute Gasteiger partial charge is 0.444 e. The molecule has 0 bridgehead atoms. The Labute approximate surface area is 228 Å². The molecule has 2 atom stereocenters. The van der Waals surface area contributed by atoms with Crippen molar-refractivity contribution in [2.24, 2.45) is 5.92 Å². The Bertz CT molecular complexity index is 1160. The molecule has 3 saturated heterocycles. The number of nitrogens with zero attached hydrogens (tertiary/aromatic N) is 4. The fraction of sp³-hybridized carbons (Fsp3) is 0.643. The van der Waals surface area contributed by atoms with Crippen LogP contribution in [0, 0.1) is 11.7 Å². The molecule has 4 aliphatic heterocycles. The third kappa shape index (κ3) is 5.88. The molecule has 3 fully saturated rings. The number of carbonyl (C=O) groups excluding carboxylic acids is 4. The lowest BCUT2D eigenvalue weighted by atomic mass is 9.97. The monoisotopic (exact) mass is 543 g/mol. The highest BCUT2D eigenvalue weighted by molar-refractivity contribution is 6.05. The number of rotatable bonds is 4. The second-order valence-electron chi connectivity index (χ2n) is 12.0. The van der Waals surface area contributed by atoms with Gasteiger partial charge in [0.25, 0.3) is 5.91 Å². The minimum Gasteiger partial charge on any atom is -0.444 e. The molecule has 1 N–H and O–H groups in total. The minimum absolute atomic E-state index is 0.0237. The number of benzene rings is 1. The first-order valence-corrected chi connectivity index (χ1v) is 13.9. The summed E-state index contributed by atoms with van der Waals surface area (Å²) in [4.78, 5) is 56.9. The Hall–Kier alpha value is -3.21. The molecule has 1 unspecified atom stereocenters. The lowest BCUT2D eigenvalue weighted by molar-refractivity contribution is -0.136. The number of piperazine rings is 1. The van der Waals surface area contributed by atoms with Crippen molar-refractivity contribution in [2.75, 3.05) is 50.7 Å². The fourth-order valence-electron chi connectivity index (χ4n) is 6.08. The van der Waals surface area contributed by atoms with E-state index < -0.39 is 23.4 Å². The number of halogens is 1. The molecule has 212 valence electrons. The fourth-order valence-corrected chi connectivity index (χ4v) is 6.08. The normalized spacial score (nSPS) is 24.6. The van der Waals surface area contributed by atoms with Gasteiger partial charge >= 0.3 is 6.09 Å². The molecule has 0 saturated carbocycles. The number of hydrogen-bond donors (Lipinski definition) is 1. The van der Waals surface area contributed by atoms with Crippen LogP contribution in [0.2, 0.25) is 0 Å². The number of hydrogen-bond acceptors (Lipinski definition) is 7. The molecule has 39 heavy (non-hydrogen) atoms. The van der Waals surface area contributed by atoms with Crippen molar-refractivity contribution in [3.8, 4) is 0 Å². The van der Waals surface area contributed by atoms with Crippen LogP contribution in [-0.4, -0.2) is 96.0 Å². The Morgan fingerprint density at radius 3 is 2.51 bits per heavy atom. The van der Waals surface area contributed by atoms with Crippen LogP contribution in [0.25, 0.3) is 0 Å². The van der Waals surface area contributed by atoms with Crippen molar-refractivity contribution in [2.45, 2.75) is 64.6 Å². The number of piperidine rings is 2. The van der Waals surface area contributed by atoms with Crippen molar-refractivity contribution in [1.82, 2.24) is 20.0 Å². The highest BCUT2D eigenvalue weighted by Crippen LogP contribution is 2.34. The molecule has 4 heterocycles. The summed E-state index contributed by atoms with van der Waals surface area (Å²) < 4.78 is 21.3. The van der Waals surface area contributed by atoms with E-state index in [0.717, 1.165) is 39.0 Å². The first-order chi connectivity index (χ1) is 18.5. The third-order valence-electron chi connectivity index (χ3n) is 8.03. The number of fused-ring (bicyclic) bond motifs is 1. The van der Waals surface area contributed by atoms with E-state index in [2.05, 4.69) is 10.2 Å². The van der Waals surface area contributed by atoms with Gasteiger partial charge in [0.1, 0.15) is 11.6 Å². The van der Waals surface area contributed by atoms with E-state index in [1.165, 1.54) is 4.90 Å². The number of imide groups is 1. The van der Waals surface area contributed by atoms with Crippen LogP contribution in [0.4, 0.5) is 14.9 Å². The number of likely N-dealkylation sites (tertiary alicyclic amines) is 1. The van der Waals surface area contributed by atoms with Crippen LogP contribution in [0.5, 0.6) is 0 Å². The van der Waals surface area contributed by atoms with E-state index in [9.17, 15) is 19.2 Å². The highest BCUT2D eigenvalue weighted by Gasteiger charge is 2.41. The molecule has 4 aliphatic rings. The number of amides is 4. The summed E-state index contributed by atoms with van der Waals surface area (Å²) in [6, 6.07) is 2.55. The molecule has 10 nitrogen and oxygen atoms in total. The van der Waals surface area contributed by atoms with E-state index in [0.29, 0.717) is 36.8 Å². The van der Waals surface area contributed by atoms with Crippen LogP contribution >= 0.6 is 0 Å². The van der Waals surface area contributed by atoms with Crippen molar-refractivity contribution in [3.05, 3.63) is 29.1 Å². The van der Waals surface area contributed by atoms with Crippen LogP contribution in [-0.2, 0) is 20.9 Å². The van der Waals surface area contributed by atoms with Gasteiger partial charge in [0.2, 0.25) is 11.8 Å². The standard InChI is InChI=1S/C28H38FN5O5/c1-28(2,3)39-27(38)33-10-4-5-18(16-33)15-31-11-13-32(14-12-31)21-7-6-19-20(24(21)29)17-34(26(19)37)22-8-9-23(35)30-25(22)36/h6-7,18,22H,4-5,8-17H2,1-3H3,(H,30,35,36)/t18-,22?/m1/s1. The topological polar surface area (TPSA) is 102 Å². The summed E-state index contributed by atoms with van der Waals surface area (Å²) in [6.07, 6.45) is 2.18. The zero-order chi connectivity index (χ0) is 27.9. The molecule has 0 aliphatic carbocycles. The summed E-state index contributed by atoms with van der Waals surface area (Å²) in [5.74, 6) is -1.26. The van der Waals surface area contributed by atoms with Gasteiger partial charge in [0.15, 0.2) is 5.82 Å². The quantitative estimate of drug-likeness (QED) is 0.582. The van der Waals surface area contributed by atoms with Gasteiger partial charge in [0.05, 0.1) is 12.2 Å². The molecule has 4 amide bonds. The molecule has 1 aromatic carbocycles. The highest BCUT2D eigenvalue weighted by atomic mass is 19.1. The summed E-state index contributed by atoms with van der Waals surface area (Å²) in [5, 5.41) is 2.28. The van der Waals surface area contributed by atoms with Gasteiger partial charge < -0.3 is 19.4 Å². The average molecular weight is 544 g/mol. The summed E-state index contributed by atoms with van der Waals surface area (Å²) in [6.45, 7) is 10.8. The van der Waals surface area contributed by atoms with Gasteiger partial charge in [-0.05, 0) is 58.1 Å². The number of ether oxygens (including phenoxy) is 1. The van der Waals surface area contributed by atoms with Gasteiger partial charge in [-0.25, -0.2) is 9.18 Å². The predicted octanol–water partition coefficient (Wildman–Crippen LogP) is 2.36. The average Bonchev–Trinajstić information content (AvgIpc) is 3.21. The molecule has 0 radical (unpaired) electrons. The van der Waals surface area contributed by atoms with Crippen molar-refractivity contribution in [3.63, 3.8) is 0 Å². The Balaban J connectivity index is 1.17. The van der Waals surface area contributed by atoms with Gasteiger partial charge in [-0.2, -0.15) is 0 Å². The Morgan fingerprint density at radius 2 is 1.82 bits per heavy atom. The van der Waals surface area contributed by atoms with E-state index in [4.69, 9.17) is 4.74 Å². The molecule has 1 aromatic rings. The zero-order valence-electron chi connectivity index (χ0n) is 23.0. The molecular weight excluding hydrogens is 505 g/mol. The first-order valence-electron chi connectivity index (χ1n) is 13.9. The maximum atomic E-state index is 15.7. The van der Waals surface area contributed by atoms with Gasteiger partial charge in [0, 0.05) is 63.4 Å². The van der Waals surface area contributed by atoms with Crippen molar-refractivity contribution < 1.29 is 28.3 Å². The summed E-state index contributed by atoms with van der Waals surface area (Å²) in [7, 11) is 0. The number of anilines is 1. The predicted molar refractivity (Wildman–Crippen MR) is 142 cm³/mol. The van der Waals surface area contributed by atoms with Crippen molar-refractivity contribution in [1.29, 1.82) is 0 Å². The van der Waals surface area contributed by atoms with Crippen molar-refractivity contribution >= 4 is 29.5 Å². The van der Waals surface area contributed by atoms with E-state index in [-0.39, 0.29) is 42.9 Å². The minimum atomic E-state index is -0.764. The van der Waals surface area contributed by atoms with E-state index >= 15 is 4.39 Å². The maximum absolute atomic E-state index is 15.7. The maximum Gasteiger partial charge on any atom is 0.410 e. The lowest BCUT2D eigenvalue weighted by Crippen LogP contribution is -2.52. The second-order valence-corrected chi connectivity index (χ2v) is 12.0. The Morgan fingerprint density at radius 1 is 1.08 bits per heavy atom. The first kappa shape index (κ1) is 27.4. The van der Waals surface area contributed by atoms with Crippen LogP contribution in [0.3, 0.4) is 0 Å². The number of nitrogens with one attached hydrogen (secondary N) is 1.